The molecule has 0 aliphatic carbocycles. The zero-order chi connectivity index (χ0) is 15.3. The van der Waals surface area contributed by atoms with E-state index in [1.165, 1.54) is 0 Å². The maximum absolute atomic E-state index is 12.0. The van der Waals surface area contributed by atoms with Crippen molar-refractivity contribution in [1.29, 1.82) is 0 Å². The van der Waals surface area contributed by atoms with E-state index in [-0.39, 0.29) is 24.3 Å². The van der Waals surface area contributed by atoms with Crippen LogP contribution >= 0.6 is 0 Å². The molecule has 0 spiro atoms. The van der Waals surface area contributed by atoms with Crippen LogP contribution in [-0.2, 0) is 4.79 Å². The molecule has 110 valence electrons. The predicted molar refractivity (Wildman–Crippen MR) is 79.0 cm³/mol. The fourth-order valence-corrected chi connectivity index (χ4v) is 1.51. The van der Waals surface area contributed by atoms with Crippen molar-refractivity contribution in [1.82, 2.24) is 5.32 Å². The van der Waals surface area contributed by atoms with Gasteiger partial charge in [0.2, 0.25) is 0 Å². The zero-order valence-electron chi connectivity index (χ0n) is 12.8. The minimum atomic E-state index is -0.449. The maximum Gasteiger partial charge on any atom is 0.251 e. The van der Waals surface area contributed by atoms with Crippen LogP contribution in [0, 0.1) is 5.41 Å². The van der Waals surface area contributed by atoms with Gasteiger partial charge in [0, 0.05) is 11.0 Å². The normalized spacial score (nSPS) is 11.3. The van der Waals surface area contributed by atoms with Crippen LogP contribution in [0.1, 0.15) is 45.0 Å². The number of carbonyl (C=O) groups is 2. The molecule has 1 amide bonds. The van der Waals surface area contributed by atoms with Gasteiger partial charge in [0.25, 0.3) is 5.91 Å². The molecule has 20 heavy (non-hydrogen) atoms. The second-order valence-corrected chi connectivity index (χ2v) is 6.05. The molecule has 0 saturated heterocycles. The summed E-state index contributed by atoms with van der Waals surface area (Å²) in [7, 11) is 0. The first kappa shape index (κ1) is 16.2. The van der Waals surface area contributed by atoms with Crippen LogP contribution in [0.4, 0.5) is 0 Å². The molecule has 0 aliphatic rings. The van der Waals surface area contributed by atoms with Crippen LogP contribution in [0.25, 0.3) is 0 Å². The summed E-state index contributed by atoms with van der Waals surface area (Å²) in [6, 6.07) is 6.94. The first-order chi connectivity index (χ1) is 9.20. The summed E-state index contributed by atoms with van der Waals surface area (Å²) in [5.74, 6) is 0.382. The van der Waals surface area contributed by atoms with Gasteiger partial charge < -0.3 is 10.1 Å². The Morgan fingerprint density at radius 1 is 1.25 bits per heavy atom. The fraction of sp³-hybridized carbons (Fsp3) is 0.500. The number of hydrogen-bond acceptors (Lipinski definition) is 3. The predicted octanol–water partition coefficient (Wildman–Crippen LogP) is 2.82. The number of rotatable bonds is 5. The second kappa shape index (κ2) is 6.55. The van der Waals surface area contributed by atoms with Crippen molar-refractivity contribution in [2.24, 2.45) is 5.41 Å². The number of benzene rings is 1. The molecule has 1 rings (SSSR count). The molecule has 0 aromatic heterocycles. The van der Waals surface area contributed by atoms with E-state index in [0.717, 1.165) is 0 Å². The third kappa shape index (κ3) is 5.03. The topological polar surface area (TPSA) is 55.4 Å². The fourth-order valence-electron chi connectivity index (χ4n) is 1.51. The highest BCUT2D eigenvalue weighted by atomic mass is 16.5. The standard InChI is InChI=1S/C16H23NO3/c1-11(2)20-13-8-6-7-12(9-13)15(19)17-10-14(18)16(3,4)5/h6-9,11H,10H2,1-5H3,(H,17,19). The SMILES string of the molecule is CC(C)Oc1cccc(C(=O)NCC(=O)C(C)(C)C)c1. The molecule has 0 bridgehead atoms. The molecule has 0 heterocycles. The van der Waals surface area contributed by atoms with Crippen molar-refractivity contribution < 1.29 is 14.3 Å². The smallest absolute Gasteiger partial charge is 0.251 e. The zero-order valence-corrected chi connectivity index (χ0v) is 12.8. The van der Waals surface area contributed by atoms with E-state index in [9.17, 15) is 9.59 Å². The van der Waals surface area contributed by atoms with Crippen molar-refractivity contribution in [3.63, 3.8) is 0 Å². The van der Waals surface area contributed by atoms with Crippen LogP contribution < -0.4 is 10.1 Å². The molecule has 0 unspecified atom stereocenters. The summed E-state index contributed by atoms with van der Waals surface area (Å²) >= 11 is 0. The van der Waals surface area contributed by atoms with Gasteiger partial charge in [0.1, 0.15) is 5.75 Å². The van der Waals surface area contributed by atoms with Crippen molar-refractivity contribution in [2.75, 3.05) is 6.54 Å². The summed E-state index contributed by atoms with van der Waals surface area (Å²) < 4.78 is 5.54. The van der Waals surface area contributed by atoms with Crippen molar-refractivity contribution in [3.8, 4) is 5.75 Å². The average molecular weight is 277 g/mol. The number of Topliss-reactive ketones (excluding diaryl/α,β-unsaturated/α-hetero) is 1. The van der Waals surface area contributed by atoms with E-state index >= 15 is 0 Å². The lowest BCUT2D eigenvalue weighted by molar-refractivity contribution is -0.125. The number of carbonyl (C=O) groups excluding carboxylic acids is 2. The monoisotopic (exact) mass is 277 g/mol. The Balaban J connectivity index is 2.66. The molecule has 0 radical (unpaired) electrons. The van der Waals surface area contributed by atoms with Crippen LogP contribution in [0.15, 0.2) is 24.3 Å². The Morgan fingerprint density at radius 2 is 1.90 bits per heavy atom. The van der Waals surface area contributed by atoms with Gasteiger partial charge in [-0.2, -0.15) is 0 Å². The van der Waals surface area contributed by atoms with Gasteiger partial charge in [-0.05, 0) is 32.0 Å². The lowest BCUT2D eigenvalue weighted by atomic mass is 9.91. The number of hydrogen-bond donors (Lipinski definition) is 1. The van der Waals surface area contributed by atoms with Gasteiger partial charge in [-0.3, -0.25) is 9.59 Å². The average Bonchev–Trinajstić information content (AvgIpc) is 2.33. The third-order valence-corrected chi connectivity index (χ3v) is 2.71. The highest BCUT2D eigenvalue weighted by molar-refractivity contribution is 5.97. The van der Waals surface area contributed by atoms with E-state index in [2.05, 4.69) is 5.32 Å². The lowest BCUT2D eigenvalue weighted by Gasteiger charge is -2.17. The summed E-state index contributed by atoms with van der Waals surface area (Å²) in [5.41, 5.74) is 0.0421. The van der Waals surface area contributed by atoms with Crippen LogP contribution in [0.5, 0.6) is 5.75 Å². The van der Waals surface area contributed by atoms with Crippen molar-refractivity contribution in [3.05, 3.63) is 29.8 Å². The van der Waals surface area contributed by atoms with Crippen LogP contribution in [0.3, 0.4) is 0 Å². The molecule has 1 aromatic carbocycles. The Kier molecular flexibility index (Phi) is 5.31. The molecule has 0 atom stereocenters. The lowest BCUT2D eigenvalue weighted by Crippen LogP contribution is -2.35. The first-order valence-electron chi connectivity index (χ1n) is 6.78. The minimum absolute atomic E-state index is 0.000403. The molecule has 0 aliphatic heterocycles. The summed E-state index contributed by atoms with van der Waals surface area (Å²) in [6.07, 6.45) is 0.0516. The van der Waals surface area contributed by atoms with Crippen molar-refractivity contribution in [2.45, 2.75) is 40.7 Å². The first-order valence-corrected chi connectivity index (χ1v) is 6.78. The van der Waals surface area contributed by atoms with Gasteiger partial charge in [-0.1, -0.05) is 26.8 Å². The van der Waals surface area contributed by atoms with Crippen LogP contribution in [-0.4, -0.2) is 24.3 Å². The third-order valence-electron chi connectivity index (χ3n) is 2.71. The largest absolute Gasteiger partial charge is 0.491 e. The molecule has 1 N–H and O–H groups in total. The van der Waals surface area contributed by atoms with Gasteiger partial charge in [0.15, 0.2) is 5.78 Å². The quantitative estimate of drug-likeness (QED) is 0.900. The van der Waals surface area contributed by atoms with E-state index in [4.69, 9.17) is 4.74 Å². The number of nitrogens with one attached hydrogen (secondary N) is 1. The Morgan fingerprint density at radius 3 is 2.45 bits per heavy atom. The Labute approximate surface area is 120 Å². The van der Waals surface area contributed by atoms with Gasteiger partial charge in [-0.25, -0.2) is 0 Å². The van der Waals surface area contributed by atoms with Crippen molar-refractivity contribution >= 4 is 11.7 Å². The van der Waals surface area contributed by atoms with Gasteiger partial charge in [0.05, 0.1) is 12.6 Å². The number of ketones is 1. The van der Waals surface area contributed by atoms with E-state index in [1.54, 1.807) is 24.3 Å². The highest BCUT2D eigenvalue weighted by Crippen LogP contribution is 2.16. The number of ether oxygens (including phenoxy) is 1. The molecule has 4 nitrogen and oxygen atoms in total. The Hall–Kier alpha value is -1.84. The van der Waals surface area contributed by atoms with Gasteiger partial charge in [-0.15, -0.1) is 0 Å². The summed E-state index contributed by atoms with van der Waals surface area (Å²) in [6.45, 7) is 9.39. The summed E-state index contributed by atoms with van der Waals surface area (Å²) in [5, 5.41) is 2.64. The molecule has 0 fully saturated rings. The van der Waals surface area contributed by atoms with Gasteiger partial charge >= 0.3 is 0 Å². The number of amides is 1. The second-order valence-electron chi connectivity index (χ2n) is 6.05. The van der Waals surface area contributed by atoms with Crippen LogP contribution in [0.2, 0.25) is 0 Å². The maximum atomic E-state index is 12.0. The molecule has 0 saturated carbocycles. The van der Waals surface area contributed by atoms with E-state index < -0.39 is 5.41 Å². The van der Waals surface area contributed by atoms with E-state index in [0.29, 0.717) is 11.3 Å². The molecule has 1 aromatic rings. The molecule has 4 heteroatoms. The Bertz CT molecular complexity index is 487. The minimum Gasteiger partial charge on any atom is -0.491 e. The van der Waals surface area contributed by atoms with E-state index in [1.807, 2.05) is 34.6 Å². The molecular weight excluding hydrogens is 254 g/mol. The molecular formula is C16H23NO3. The highest BCUT2D eigenvalue weighted by Gasteiger charge is 2.21. The summed E-state index contributed by atoms with van der Waals surface area (Å²) in [4.78, 5) is 23.8.